The molecule has 0 unspecified atom stereocenters. The summed E-state index contributed by atoms with van der Waals surface area (Å²) in [6.07, 6.45) is 1.72. The Hall–Kier alpha value is -1.69. The first-order valence-corrected chi connectivity index (χ1v) is 5.77. The van der Waals surface area contributed by atoms with E-state index >= 15 is 0 Å². The summed E-state index contributed by atoms with van der Waals surface area (Å²) in [4.78, 5) is 5.06. The molecule has 0 amide bonds. The minimum Gasteiger partial charge on any atom is -0.395 e. The van der Waals surface area contributed by atoms with Crippen LogP contribution in [0.1, 0.15) is 9.88 Å². The number of benzene rings is 1. The number of halogens is 2. The first-order valence-electron chi connectivity index (χ1n) is 4.96. The van der Waals surface area contributed by atoms with E-state index in [-0.39, 0.29) is 11.4 Å². The highest BCUT2D eigenvalue weighted by Crippen LogP contribution is 2.24. The molecule has 6 heteroatoms. The summed E-state index contributed by atoms with van der Waals surface area (Å²) in [5.74, 6) is -1.41. The maximum absolute atomic E-state index is 13.2. The smallest absolute Gasteiger partial charge is 0.151 e. The molecule has 0 bridgehead atoms. The van der Waals surface area contributed by atoms with E-state index in [1.165, 1.54) is 17.4 Å². The lowest BCUT2D eigenvalue weighted by Gasteiger charge is -2.08. The van der Waals surface area contributed by atoms with E-state index in [2.05, 4.69) is 10.3 Å². The number of aromatic nitrogens is 1. The van der Waals surface area contributed by atoms with Crippen LogP contribution in [0.5, 0.6) is 0 Å². The molecule has 2 rings (SSSR count). The van der Waals surface area contributed by atoms with Gasteiger partial charge in [0.05, 0.1) is 22.9 Å². The average Bonchev–Trinajstić information content (AvgIpc) is 2.67. The molecule has 1 aromatic carbocycles. The minimum atomic E-state index is -0.756. The number of hydrogen-bond donors (Lipinski definition) is 2. The zero-order valence-corrected chi connectivity index (χ0v) is 9.94. The van der Waals surface area contributed by atoms with Crippen LogP contribution >= 0.6 is 11.3 Å². The van der Waals surface area contributed by atoms with Gasteiger partial charge in [0.1, 0.15) is 5.82 Å². The quantitative estimate of drug-likeness (QED) is 0.829. The molecule has 0 fully saturated rings. The van der Waals surface area contributed by atoms with Crippen LogP contribution in [-0.2, 0) is 6.54 Å². The van der Waals surface area contributed by atoms with E-state index in [9.17, 15) is 8.78 Å². The molecule has 2 aromatic rings. The SMILES string of the molecule is Cc1ncc(CNc2cc(F)cc(F)c2N)s1. The summed E-state index contributed by atoms with van der Waals surface area (Å²) in [5.41, 5.74) is 5.69. The first-order chi connectivity index (χ1) is 8.06. The van der Waals surface area contributed by atoms with E-state index in [1.807, 2.05) is 6.92 Å². The van der Waals surface area contributed by atoms with Gasteiger partial charge in [-0.15, -0.1) is 11.3 Å². The number of anilines is 2. The molecule has 0 aliphatic carbocycles. The lowest BCUT2D eigenvalue weighted by molar-refractivity contribution is 0.587. The molecular weight excluding hydrogens is 244 g/mol. The molecule has 0 atom stereocenters. The van der Waals surface area contributed by atoms with Gasteiger partial charge in [-0.2, -0.15) is 0 Å². The minimum absolute atomic E-state index is 0.0763. The summed E-state index contributed by atoms with van der Waals surface area (Å²) in [6, 6.07) is 1.93. The largest absolute Gasteiger partial charge is 0.395 e. The molecule has 0 saturated carbocycles. The molecule has 1 aromatic heterocycles. The Balaban J connectivity index is 2.14. The van der Waals surface area contributed by atoms with Crippen molar-refractivity contribution in [3.8, 4) is 0 Å². The molecule has 1 heterocycles. The van der Waals surface area contributed by atoms with Gasteiger partial charge >= 0.3 is 0 Å². The van der Waals surface area contributed by atoms with Gasteiger partial charge < -0.3 is 11.1 Å². The van der Waals surface area contributed by atoms with E-state index in [1.54, 1.807) is 6.20 Å². The fourth-order valence-electron chi connectivity index (χ4n) is 1.40. The highest BCUT2D eigenvalue weighted by atomic mass is 32.1. The molecule has 3 nitrogen and oxygen atoms in total. The van der Waals surface area contributed by atoms with Gasteiger partial charge in [0, 0.05) is 17.1 Å². The summed E-state index contributed by atoms with van der Waals surface area (Å²) < 4.78 is 26.1. The van der Waals surface area contributed by atoms with Gasteiger partial charge in [-0.3, -0.25) is 0 Å². The van der Waals surface area contributed by atoms with Crippen molar-refractivity contribution < 1.29 is 8.78 Å². The Labute approximate surface area is 101 Å². The van der Waals surface area contributed by atoms with Crippen molar-refractivity contribution in [2.75, 3.05) is 11.1 Å². The van der Waals surface area contributed by atoms with Gasteiger partial charge in [-0.1, -0.05) is 0 Å². The Morgan fingerprint density at radius 1 is 1.41 bits per heavy atom. The summed E-state index contributed by atoms with van der Waals surface area (Å²) in [5, 5.41) is 3.83. The molecule has 3 N–H and O–H groups in total. The van der Waals surface area contributed by atoms with Crippen LogP contribution in [0.15, 0.2) is 18.3 Å². The zero-order chi connectivity index (χ0) is 12.4. The summed E-state index contributed by atoms with van der Waals surface area (Å²) in [6.45, 7) is 2.34. The van der Waals surface area contributed by atoms with E-state index in [0.717, 1.165) is 16.0 Å². The highest BCUT2D eigenvalue weighted by molar-refractivity contribution is 7.11. The molecular formula is C11H11F2N3S. The maximum Gasteiger partial charge on any atom is 0.151 e. The number of hydrogen-bond acceptors (Lipinski definition) is 4. The standard InChI is InChI=1S/C11H11F2N3S/c1-6-15-4-8(17-6)5-16-10-3-7(12)2-9(13)11(10)14/h2-4,16H,5,14H2,1H3. The number of aryl methyl sites for hydroxylation is 1. The second-order valence-corrected chi connectivity index (χ2v) is 4.87. The highest BCUT2D eigenvalue weighted by Gasteiger charge is 2.08. The number of nitrogens with two attached hydrogens (primary N) is 1. The van der Waals surface area contributed by atoms with Gasteiger partial charge in [0.25, 0.3) is 0 Å². The first kappa shape index (κ1) is 11.8. The van der Waals surface area contributed by atoms with E-state index in [4.69, 9.17) is 5.73 Å². The van der Waals surface area contributed by atoms with Crippen LogP contribution < -0.4 is 11.1 Å². The molecule has 0 spiro atoms. The van der Waals surface area contributed by atoms with Crippen LogP contribution in [-0.4, -0.2) is 4.98 Å². The number of rotatable bonds is 3. The predicted octanol–water partition coefficient (Wildman–Crippen LogP) is 2.92. The Morgan fingerprint density at radius 2 is 2.18 bits per heavy atom. The van der Waals surface area contributed by atoms with Crippen molar-refractivity contribution in [1.29, 1.82) is 0 Å². The maximum atomic E-state index is 13.2. The molecule has 90 valence electrons. The summed E-state index contributed by atoms with van der Waals surface area (Å²) in [7, 11) is 0. The van der Waals surface area contributed by atoms with E-state index < -0.39 is 11.6 Å². The van der Waals surface area contributed by atoms with Crippen LogP contribution in [0.2, 0.25) is 0 Å². The number of nitrogen functional groups attached to an aromatic ring is 1. The lowest BCUT2D eigenvalue weighted by Crippen LogP contribution is -2.03. The third-order valence-corrected chi connectivity index (χ3v) is 3.13. The normalized spacial score (nSPS) is 10.5. The Bertz CT molecular complexity index is 540. The number of nitrogens with zero attached hydrogens (tertiary/aromatic N) is 1. The van der Waals surface area contributed by atoms with Gasteiger partial charge in [-0.05, 0) is 13.0 Å². The van der Waals surface area contributed by atoms with Crippen molar-refractivity contribution in [2.45, 2.75) is 13.5 Å². The van der Waals surface area contributed by atoms with Crippen LogP contribution in [0, 0.1) is 18.6 Å². The Kier molecular flexibility index (Phi) is 3.23. The molecule has 0 aliphatic rings. The van der Waals surface area contributed by atoms with Crippen molar-refractivity contribution in [3.05, 3.63) is 39.8 Å². The van der Waals surface area contributed by atoms with Crippen molar-refractivity contribution >= 4 is 22.7 Å². The average molecular weight is 255 g/mol. The zero-order valence-electron chi connectivity index (χ0n) is 9.13. The number of thiazole rings is 1. The predicted molar refractivity (Wildman–Crippen MR) is 64.9 cm³/mol. The van der Waals surface area contributed by atoms with Crippen molar-refractivity contribution in [2.24, 2.45) is 0 Å². The van der Waals surface area contributed by atoms with Crippen LogP contribution in [0.4, 0.5) is 20.2 Å². The second-order valence-electron chi connectivity index (χ2n) is 3.55. The van der Waals surface area contributed by atoms with Gasteiger partial charge in [0.2, 0.25) is 0 Å². The number of nitrogens with one attached hydrogen (secondary N) is 1. The third kappa shape index (κ3) is 2.71. The van der Waals surface area contributed by atoms with Gasteiger partial charge in [0.15, 0.2) is 5.82 Å². The van der Waals surface area contributed by atoms with E-state index in [0.29, 0.717) is 6.54 Å². The fraction of sp³-hybridized carbons (Fsp3) is 0.182. The lowest BCUT2D eigenvalue weighted by atomic mass is 10.2. The summed E-state index contributed by atoms with van der Waals surface area (Å²) >= 11 is 1.52. The molecule has 0 radical (unpaired) electrons. The molecule has 0 saturated heterocycles. The van der Waals surface area contributed by atoms with Crippen LogP contribution in [0.3, 0.4) is 0 Å². The molecule has 0 aliphatic heterocycles. The monoisotopic (exact) mass is 255 g/mol. The van der Waals surface area contributed by atoms with Crippen molar-refractivity contribution in [1.82, 2.24) is 4.98 Å². The van der Waals surface area contributed by atoms with Crippen LogP contribution in [0.25, 0.3) is 0 Å². The Morgan fingerprint density at radius 3 is 2.82 bits per heavy atom. The van der Waals surface area contributed by atoms with Gasteiger partial charge in [-0.25, -0.2) is 13.8 Å². The van der Waals surface area contributed by atoms with Crippen molar-refractivity contribution in [3.63, 3.8) is 0 Å². The topological polar surface area (TPSA) is 50.9 Å². The fourth-order valence-corrected chi connectivity index (χ4v) is 2.14. The molecule has 17 heavy (non-hydrogen) atoms. The third-order valence-electron chi connectivity index (χ3n) is 2.22. The second kappa shape index (κ2) is 4.67.